The molecule has 2 atom stereocenters. The van der Waals surface area contributed by atoms with Crippen LogP contribution in [0.25, 0.3) is 0 Å². The fourth-order valence-electron chi connectivity index (χ4n) is 3.73. The number of ether oxygens (including phenoxy) is 1. The number of nitro benzene ring substituents is 1. The molecule has 0 radical (unpaired) electrons. The van der Waals surface area contributed by atoms with Crippen molar-refractivity contribution in [1.82, 2.24) is 9.78 Å². The van der Waals surface area contributed by atoms with Crippen molar-refractivity contribution in [2.24, 2.45) is 18.0 Å². The van der Waals surface area contributed by atoms with Crippen molar-refractivity contribution in [2.75, 3.05) is 7.11 Å². The van der Waals surface area contributed by atoms with Gasteiger partial charge in [-0.1, -0.05) is 25.5 Å². The van der Waals surface area contributed by atoms with Crippen molar-refractivity contribution in [1.29, 1.82) is 0 Å². The van der Waals surface area contributed by atoms with Crippen molar-refractivity contribution in [2.45, 2.75) is 32.6 Å². The zero-order valence-electron chi connectivity index (χ0n) is 15.8. The second-order valence-electron chi connectivity index (χ2n) is 6.64. The molecule has 0 fully saturated rings. The minimum atomic E-state index is -0.649. The van der Waals surface area contributed by atoms with Gasteiger partial charge < -0.3 is 4.74 Å². The van der Waals surface area contributed by atoms with Crippen LogP contribution in [0.5, 0.6) is 0 Å². The molecule has 0 spiro atoms. The van der Waals surface area contributed by atoms with Crippen LogP contribution >= 0.6 is 0 Å². The van der Waals surface area contributed by atoms with Crippen LogP contribution in [0.2, 0.25) is 0 Å². The molecule has 0 saturated carbocycles. The number of nitro groups is 1. The molecular formula is C19H22N4O4. The molecule has 1 aliphatic heterocycles. The number of methoxy groups -OCH3 is 1. The molecule has 2 unspecified atom stereocenters. The molecule has 0 aliphatic carbocycles. The topological polar surface area (TPSA) is 99.6 Å². The number of carbonyl (C=O) groups is 1. The largest absolute Gasteiger partial charge is 0.468 e. The number of esters is 1. The van der Waals surface area contributed by atoms with Crippen LogP contribution in [-0.2, 0) is 23.0 Å². The second-order valence-corrected chi connectivity index (χ2v) is 6.64. The molecule has 1 aliphatic rings. The SMILES string of the molecule is CCCc1nn(C)c2c1C(c1cccc([N+](=O)[O-])c1)C(C(=O)OC)C(C)=N2. The third kappa shape index (κ3) is 3.22. The fourth-order valence-corrected chi connectivity index (χ4v) is 3.73. The van der Waals surface area contributed by atoms with E-state index in [1.807, 2.05) is 7.05 Å². The predicted molar refractivity (Wildman–Crippen MR) is 100 cm³/mol. The van der Waals surface area contributed by atoms with Gasteiger partial charge in [-0.25, -0.2) is 4.99 Å². The predicted octanol–water partition coefficient (Wildman–Crippen LogP) is 3.31. The number of aliphatic imine (C=N–C) groups is 1. The number of hydrogen-bond acceptors (Lipinski definition) is 6. The normalized spacial score (nSPS) is 18.6. The average molecular weight is 370 g/mol. The number of non-ortho nitro benzene ring substituents is 1. The lowest BCUT2D eigenvalue weighted by atomic mass is 9.76. The van der Waals surface area contributed by atoms with E-state index in [0.29, 0.717) is 17.1 Å². The summed E-state index contributed by atoms with van der Waals surface area (Å²) < 4.78 is 6.74. The van der Waals surface area contributed by atoms with E-state index in [-0.39, 0.29) is 5.69 Å². The molecule has 0 N–H and O–H groups in total. The average Bonchev–Trinajstić information content (AvgIpc) is 2.95. The number of aryl methyl sites for hydroxylation is 2. The van der Waals surface area contributed by atoms with Gasteiger partial charge in [0.25, 0.3) is 5.69 Å². The third-order valence-corrected chi connectivity index (χ3v) is 4.89. The molecule has 0 bridgehead atoms. The number of aromatic nitrogens is 2. The van der Waals surface area contributed by atoms with Crippen LogP contribution in [0.3, 0.4) is 0 Å². The summed E-state index contributed by atoms with van der Waals surface area (Å²) in [5, 5.41) is 15.9. The van der Waals surface area contributed by atoms with Gasteiger partial charge in [-0.3, -0.25) is 19.6 Å². The maximum atomic E-state index is 12.6. The Morgan fingerprint density at radius 2 is 2.15 bits per heavy atom. The van der Waals surface area contributed by atoms with Crippen molar-refractivity contribution in [3.63, 3.8) is 0 Å². The highest BCUT2D eigenvalue weighted by atomic mass is 16.6. The first-order valence-corrected chi connectivity index (χ1v) is 8.82. The van der Waals surface area contributed by atoms with Crippen molar-refractivity contribution in [3.8, 4) is 0 Å². The number of hydrogen-bond donors (Lipinski definition) is 0. The molecule has 0 amide bonds. The first kappa shape index (κ1) is 18.8. The van der Waals surface area contributed by atoms with Crippen molar-refractivity contribution < 1.29 is 14.5 Å². The number of benzene rings is 1. The van der Waals surface area contributed by atoms with Gasteiger partial charge in [-0.05, 0) is 18.9 Å². The molecular weight excluding hydrogens is 348 g/mol. The smallest absolute Gasteiger partial charge is 0.315 e. The first-order chi connectivity index (χ1) is 12.9. The number of rotatable bonds is 5. The van der Waals surface area contributed by atoms with Crippen molar-refractivity contribution >= 4 is 23.2 Å². The van der Waals surface area contributed by atoms with Gasteiger partial charge in [0.05, 0.1) is 17.7 Å². The third-order valence-electron chi connectivity index (χ3n) is 4.89. The molecule has 2 aromatic rings. The van der Waals surface area contributed by atoms with Crippen molar-refractivity contribution in [3.05, 3.63) is 51.2 Å². The fraction of sp³-hybridized carbons (Fsp3) is 0.421. The summed E-state index contributed by atoms with van der Waals surface area (Å²) >= 11 is 0. The highest BCUT2D eigenvalue weighted by molar-refractivity contribution is 6.05. The Morgan fingerprint density at radius 1 is 1.41 bits per heavy atom. The Morgan fingerprint density at radius 3 is 2.78 bits per heavy atom. The Labute approximate surface area is 157 Å². The Hall–Kier alpha value is -3.03. The Bertz CT molecular complexity index is 932. The molecule has 27 heavy (non-hydrogen) atoms. The lowest BCUT2D eigenvalue weighted by molar-refractivity contribution is -0.384. The van der Waals surface area contributed by atoms with E-state index in [1.54, 1.807) is 23.7 Å². The number of fused-ring (bicyclic) bond motifs is 1. The lowest BCUT2D eigenvalue weighted by Crippen LogP contribution is -2.33. The molecule has 8 nitrogen and oxygen atoms in total. The highest BCUT2D eigenvalue weighted by Gasteiger charge is 2.41. The minimum Gasteiger partial charge on any atom is -0.468 e. The maximum absolute atomic E-state index is 12.6. The number of nitrogens with zero attached hydrogens (tertiary/aromatic N) is 4. The van der Waals surface area contributed by atoms with Crippen LogP contribution in [0.15, 0.2) is 29.3 Å². The molecule has 0 saturated heterocycles. The Kier molecular flexibility index (Phi) is 5.07. The van der Waals surface area contributed by atoms with Crippen LogP contribution < -0.4 is 0 Å². The van der Waals surface area contributed by atoms with Crippen LogP contribution in [0.1, 0.15) is 43.0 Å². The van der Waals surface area contributed by atoms with E-state index in [1.165, 1.54) is 19.2 Å². The summed E-state index contributed by atoms with van der Waals surface area (Å²) in [7, 11) is 3.16. The van der Waals surface area contributed by atoms with E-state index in [0.717, 1.165) is 24.1 Å². The monoisotopic (exact) mass is 370 g/mol. The molecule has 2 heterocycles. The van der Waals surface area contributed by atoms with E-state index in [2.05, 4.69) is 17.0 Å². The van der Waals surface area contributed by atoms with Gasteiger partial charge in [0.2, 0.25) is 0 Å². The molecule has 1 aromatic heterocycles. The van der Waals surface area contributed by atoms with Crippen LogP contribution in [-0.4, -0.2) is 33.5 Å². The van der Waals surface area contributed by atoms with E-state index < -0.39 is 22.7 Å². The maximum Gasteiger partial charge on any atom is 0.315 e. The summed E-state index contributed by atoms with van der Waals surface area (Å²) in [5.41, 5.74) is 2.98. The second kappa shape index (κ2) is 7.30. The first-order valence-electron chi connectivity index (χ1n) is 8.82. The van der Waals surface area contributed by atoms with Gasteiger partial charge in [-0.15, -0.1) is 0 Å². The quantitative estimate of drug-likeness (QED) is 0.457. The molecule has 3 rings (SSSR count). The van der Waals surface area contributed by atoms with Crippen LogP contribution in [0.4, 0.5) is 11.5 Å². The zero-order chi connectivity index (χ0) is 19.7. The molecule has 1 aromatic carbocycles. The van der Waals surface area contributed by atoms with Gasteiger partial charge in [-0.2, -0.15) is 5.10 Å². The summed E-state index contributed by atoms with van der Waals surface area (Å²) in [6, 6.07) is 6.40. The highest BCUT2D eigenvalue weighted by Crippen LogP contribution is 2.45. The van der Waals surface area contributed by atoms with E-state index >= 15 is 0 Å². The molecule has 142 valence electrons. The summed E-state index contributed by atoms with van der Waals surface area (Å²) in [6.45, 7) is 3.83. The van der Waals surface area contributed by atoms with E-state index in [9.17, 15) is 14.9 Å². The summed E-state index contributed by atoms with van der Waals surface area (Å²) in [4.78, 5) is 28.0. The molecule has 8 heteroatoms. The Balaban J connectivity index is 2.27. The summed E-state index contributed by atoms with van der Waals surface area (Å²) in [5.74, 6) is -0.804. The summed E-state index contributed by atoms with van der Waals surface area (Å²) in [6.07, 6.45) is 1.62. The van der Waals surface area contributed by atoms with Gasteiger partial charge in [0.15, 0.2) is 5.82 Å². The van der Waals surface area contributed by atoms with Gasteiger partial charge in [0, 0.05) is 36.4 Å². The standard InChI is InChI=1S/C19H22N4O4/c1-5-7-14-17-16(12-8-6-9-13(10-12)23(25)26)15(19(24)27-4)11(2)20-18(17)22(3)21-14/h6,8-10,15-16H,5,7H2,1-4H3. The number of carbonyl (C=O) groups excluding carboxylic acids is 1. The van der Waals surface area contributed by atoms with E-state index in [4.69, 9.17) is 4.74 Å². The minimum absolute atomic E-state index is 0.0150. The van der Waals surface area contributed by atoms with Gasteiger partial charge in [0.1, 0.15) is 5.92 Å². The zero-order valence-corrected chi connectivity index (χ0v) is 15.8. The van der Waals surface area contributed by atoms with Crippen LogP contribution in [0, 0.1) is 16.0 Å². The van der Waals surface area contributed by atoms with Gasteiger partial charge >= 0.3 is 5.97 Å². The lowest BCUT2D eigenvalue weighted by Gasteiger charge is -2.29.